The monoisotopic (exact) mass is 610 g/mol. The average Bonchev–Trinajstić information content (AvgIpc) is 2.90. The van der Waals surface area contributed by atoms with Gasteiger partial charge in [-0.1, -0.05) is 0 Å². The van der Waals surface area contributed by atoms with E-state index in [9.17, 15) is 18.9 Å². The first-order chi connectivity index (χ1) is 20.0. The number of unbranched alkanes of at least 4 members (excludes halogenated alkanes) is 2. The first-order valence-electron chi connectivity index (χ1n) is 14.1. The Labute approximate surface area is 248 Å². The third-order valence-corrected chi connectivity index (χ3v) is 8.28. The lowest BCUT2D eigenvalue weighted by molar-refractivity contribution is -0.238. The van der Waals surface area contributed by atoms with E-state index < -0.39 is 44.1 Å². The van der Waals surface area contributed by atoms with Crippen LogP contribution in [-0.2, 0) is 37.4 Å². The molecule has 234 valence electrons. The van der Waals surface area contributed by atoms with Crippen LogP contribution in [0.4, 0.5) is 10.5 Å². The van der Waals surface area contributed by atoms with E-state index in [1.54, 1.807) is 32.0 Å². The number of hydrogen-bond acceptors (Lipinski definition) is 10. The molecule has 12 nitrogen and oxygen atoms in total. The van der Waals surface area contributed by atoms with Crippen molar-refractivity contribution in [3.05, 3.63) is 23.8 Å². The summed E-state index contributed by atoms with van der Waals surface area (Å²) in [6, 6.07) is 4.79. The van der Waals surface area contributed by atoms with Crippen molar-refractivity contribution in [1.29, 1.82) is 0 Å². The molecule has 4 unspecified atom stereocenters. The molecular formula is C29H43N2O10P. The van der Waals surface area contributed by atoms with Crippen molar-refractivity contribution in [2.45, 2.75) is 91.3 Å². The summed E-state index contributed by atoms with van der Waals surface area (Å²) in [6.45, 7) is 8.63. The van der Waals surface area contributed by atoms with Gasteiger partial charge in [-0.2, -0.15) is 0 Å². The van der Waals surface area contributed by atoms with Crippen LogP contribution in [0.1, 0.15) is 65.4 Å². The van der Waals surface area contributed by atoms with Crippen LogP contribution < -0.4 is 15.4 Å². The first kappa shape index (κ1) is 35.1. The molecule has 4 atom stereocenters. The highest BCUT2D eigenvalue weighted by molar-refractivity contribution is 7.53. The van der Waals surface area contributed by atoms with E-state index in [1.807, 2.05) is 6.92 Å². The minimum Gasteiger partial charge on any atom is -0.465 e. The van der Waals surface area contributed by atoms with E-state index in [1.165, 1.54) is 13.8 Å². The van der Waals surface area contributed by atoms with E-state index in [-0.39, 0.29) is 38.2 Å². The topological polar surface area (TPSA) is 148 Å². The predicted molar refractivity (Wildman–Crippen MR) is 156 cm³/mol. The van der Waals surface area contributed by atoms with Gasteiger partial charge in [0.1, 0.15) is 18.0 Å². The van der Waals surface area contributed by atoms with Crippen molar-refractivity contribution < 1.29 is 46.9 Å². The van der Waals surface area contributed by atoms with Crippen LogP contribution in [0.3, 0.4) is 0 Å². The number of esters is 2. The molecule has 2 N–H and O–H groups in total. The zero-order valence-electron chi connectivity index (χ0n) is 25.0. The molecule has 1 aliphatic rings. The van der Waals surface area contributed by atoms with Gasteiger partial charge in [-0.25, -0.2) is 4.79 Å². The van der Waals surface area contributed by atoms with Crippen molar-refractivity contribution in [3.63, 3.8) is 0 Å². The van der Waals surface area contributed by atoms with Crippen LogP contribution in [0.5, 0.6) is 5.75 Å². The third kappa shape index (κ3) is 12.0. The van der Waals surface area contributed by atoms with Crippen LogP contribution in [0, 0.1) is 19.3 Å². The maximum atomic E-state index is 13.1. The number of amides is 2. The summed E-state index contributed by atoms with van der Waals surface area (Å²) in [5.74, 6) is 1.89. The minimum atomic E-state index is -3.43. The van der Waals surface area contributed by atoms with E-state index in [2.05, 4.69) is 16.6 Å². The van der Waals surface area contributed by atoms with Gasteiger partial charge in [0.2, 0.25) is 6.29 Å². The maximum Gasteiger partial charge on any atom is 0.330 e. The van der Waals surface area contributed by atoms with Crippen molar-refractivity contribution in [3.8, 4) is 18.1 Å². The van der Waals surface area contributed by atoms with E-state index in [0.29, 0.717) is 30.0 Å². The zero-order valence-corrected chi connectivity index (χ0v) is 25.9. The molecule has 1 aromatic rings. The van der Waals surface area contributed by atoms with Gasteiger partial charge < -0.3 is 38.6 Å². The largest absolute Gasteiger partial charge is 0.465 e. The van der Waals surface area contributed by atoms with Crippen molar-refractivity contribution >= 4 is 31.3 Å². The average molecular weight is 611 g/mol. The van der Waals surface area contributed by atoms with Gasteiger partial charge in [-0.05, 0) is 63.8 Å². The number of carbonyl (C=O) groups excluding carboxylic acids is 3. The van der Waals surface area contributed by atoms with Crippen molar-refractivity contribution in [2.24, 2.45) is 0 Å². The van der Waals surface area contributed by atoms with Gasteiger partial charge in [-0.3, -0.25) is 14.2 Å². The van der Waals surface area contributed by atoms with Gasteiger partial charge in [0.25, 0.3) is 0 Å². The number of rotatable bonds is 16. The lowest BCUT2D eigenvalue weighted by atomic mass is 9.99. The Morgan fingerprint density at radius 3 is 2.38 bits per heavy atom. The van der Waals surface area contributed by atoms with Gasteiger partial charge in [0.15, 0.2) is 6.10 Å². The third-order valence-electron chi connectivity index (χ3n) is 6.17. The summed E-state index contributed by atoms with van der Waals surface area (Å²) in [5.41, 5.74) is 1.28. The van der Waals surface area contributed by atoms with Crippen molar-refractivity contribution in [1.82, 2.24) is 5.32 Å². The Morgan fingerprint density at radius 1 is 1.10 bits per heavy atom. The fourth-order valence-electron chi connectivity index (χ4n) is 4.45. The molecule has 42 heavy (non-hydrogen) atoms. The molecule has 2 amide bonds. The second kappa shape index (κ2) is 17.8. The highest BCUT2D eigenvalue weighted by atomic mass is 31.2. The number of benzene rings is 1. The number of nitrogens with one attached hydrogen (secondary N) is 2. The van der Waals surface area contributed by atoms with Crippen LogP contribution in [0.2, 0.25) is 0 Å². The minimum absolute atomic E-state index is 0.0119. The summed E-state index contributed by atoms with van der Waals surface area (Å²) >= 11 is 0. The molecule has 1 saturated heterocycles. The molecule has 0 spiro atoms. The number of anilines is 1. The van der Waals surface area contributed by atoms with Crippen LogP contribution in [-0.4, -0.2) is 68.5 Å². The Hall–Kier alpha value is -3.10. The number of urea groups is 1. The van der Waals surface area contributed by atoms with Crippen LogP contribution in [0.15, 0.2) is 18.2 Å². The predicted octanol–water partition coefficient (Wildman–Crippen LogP) is 4.93. The lowest BCUT2D eigenvalue weighted by Crippen LogP contribution is -2.53. The number of aryl methyl sites for hydroxylation is 1. The highest BCUT2D eigenvalue weighted by Crippen LogP contribution is 2.49. The highest BCUT2D eigenvalue weighted by Gasteiger charge is 2.45. The standard InChI is InChI=1S/C29H43N2O10P/c1-7-10-11-12-16-30-29(34)31-23-13-14-24(20(4)18-23)40-27-19-26(38-21(5)32)28(39-22(6)33)25(41-27)15-17-42(35,36-8-2)37-9-3/h1,13-14,18,25-28H,8-12,15-17,19H2,2-6H3,(H2,30,31,34). The molecule has 0 aromatic heterocycles. The zero-order chi connectivity index (χ0) is 31.1. The molecule has 0 radical (unpaired) electrons. The smallest absolute Gasteiger partial charge is 0.330 e. The molecule has 2 rings (SSSR count). The van der Waals surface area contributed by atoms with Gasteiger partial charge in [0.05, 0.1) is 25.8 Å². The van der Waals surface area contributed by atoms with E-state index in [0.717, 1.165) is 12.8 Å². The molecular weight excluding hydrogens is 567 g/mol. The molecule has 0 bridgehead atoms. The normalized spacial score (nSPS) is 20.2. The molecule has 1 heterocycles. The molecule has 1 aromatic carbocycles. The second-order valence-corrected chi connectivity index (χ2v) is 11.8. The summed E-state index contributed by atoms with van der Waals surface area (Å²) in [5, 5.41) is 5.57. The van der Waals surface area contributed by atoms with Crippen LogP contribution >= 0.6 is 7.60 Å². The number of carbonyl (C=O) groups is 3. The Balaban J connectivity index is 2.16. The second-order valence-electron chi connectivity index (χ2n) is 9.66. The van der Waals surface area contributed by atoms with E-state index >= 15 is 0 Å². The summed E-state index contributed by atoms with van der Waals surface area (Å²) in [6.07, 6.45) is 4.15. The molecule has 0 saturated carbocycles. The van der Waals surface area contributed by atoms with Crippen molar-refractivity contribution in [2.75, 3.05) is 31.2 Å². The molecule has 0 aliphatic carbocycles. The molecule has 1 aliphatic heterocycles. The maximum absolute atomic E-state index is 13.1. The quantitative estimate of drug-likeness (QED) is 0.114. The first-order valence-corrected chi connectivity index (χ1v) is 15.9. The Bertz CT molecular complexity index is 1130. The Morgan fingerprint density at radius 2 is 1.79 bits per heavy atom. The summed E-state index contributed by atoms with van der Waals surface area (Å²) < 4.78 is 47.2. The molecule has 1 fully saturated rings. The number of terminal acetylenes is 1. The fourth-order valence-corrected chi connectivity index (χ4v) is 6.14. The fraction of sp³-hybridized carbons (Fsp3) is 0.621. The van der Waals surface area contributed by atoms with Crippen LogP contribution in [0.25, 0.3) is 0 Å². The summed E-state index contributed by atoms with van der Waals surface area (Å²) in [7, 11) is -3.43. The summed E-state index contributed by atoms with van der Waals surface area (Å²) in [4.78, 5) is 36.1. The molecule has 13 heteroatoms. The number of ether oxygens (including phenoxy) is 4. The van der Waals surface area contributed by atoms with Gasteiger partial charge in [-0.15, -0.1) is 12.3 Å². The van der Waals surface area contributed by atoms with Gasteiger partial charge >= 0.3 is 25.6 Å². The van der Waals surface area contributed by atoms with Gasteiger partial charge in [0, 0.05) is 32.5 Å². The van der Waals surface area contributed by atoms with E-state index in [4.69, 9.17) is 34.4 Å². The SMILES string of the molecule is C#CCCCCNC(=O)Nc1ccc(OC2CC(OC(C)=O)C(OC(C)=O)C(CCP(=O)(OCC)OCC)O2)c(C)c1. The lowest BCUT2D eigenvalue weighted by Gasteiger charge is -2.40. The Kier molecular flexibility index (Phi) is 14.8. The number of hydrogen-bond donors (Lipinski definition) is 2.